The van der Waals surface area contributed by atoms with Gasteiger partial charge in [0.05, 0.1) is 6.54 Å². The van der Waals surface area contributed by atoms with Crippen LogP contribution in [0.5, 0.6) is 0 Å². The van der Waals surface area contributed by atoms with E-state index >= 15 is 0 Å². The van der Waals surface area contributed by atoms with Crippen molar-refractivity contribution in [3.63, 3.8) is 0 Å². The molecule has 1 rings (SSSR count). The molecule has 11 heteroatoms. The van der Waals surface area contributed by atoms with Gasteiger partial charge in [0.2, 0.25) is 17.7 Å². The Labute approximate surface area is 169 Å². The number of carbonyl (C=O) groups is 5. The first kappa shape index (κ1) is 24.3. The van der Waals surface area contributed by atoms with Gasteiger partial charge in [-0.05, 0) is 31.6 Å². The molecule has 1 saturated heterocycles. The fraction of sp³-hybridized carbons (Fsp3) is 0.722. The summed E-state index contributed by atoms with van der Waals surface area (Å²) in [5.74, 6) is -4.07. The molecule has 3 amide bonds. The molecule has 0 radical (unpaired) electrons. The van der Waals surface area contributed by atoms with Crippen LogP contribution in [0.2, 0.25) is 0 Å². The zero-order valence-electron chi connectivity index (χ0n) is 16.7. The summed E-state index contributed by atoms with van der Waals surface area (Å²) in [5, 5.41) is 23.2. The minimum Gasteiger partial charge on any atom is -0.481 e. The number of aliphatic carboxylic acids is 2. The van der Waals surface area contributed by atoms with Gasteiger partial charge in [-0.1, -0.05) is 13.8 Å². The highest BCUT2D eigenvalue weighted by Gasteiger charge is 2.38. The second-order valence-electron chi connectivity index (χ2n) is 7.48. The molecule has 1 aliphatic heterocycles. The minimum atomic E-state index is -1.21. The van der Waals surface area contributed by atoms with Crippen LogP contribution in [0.4, 0.5) is 0 Å². The summed E-state index contributed by atoms with van der Waals surface area (Å²) in [6, 6.07) is -3.15. The van der Waals surface area contributed by atoms with Crippen molar-refractivity contribution >= 4 is 29.7 Å². The Morgan fingerprint density at radius 2 is 1.76 bits per heavy atom. The molecule has 1 fully saturated rings. The van der Waals surface area contributed by atoms with Crippen LogP contribution in [-0.4, -0.2) is 76.0 Å². The predicted octanol–water partition coefficient (Wildman–Crippen LogP) is -1.10. The Morgan fingerprint density at radius 1 is 1.10 bits per heavy atom. The minimum absolute atomic E-state index is 0.0481. The standard InChI is InChI=1S/C18H30N4O7/c1-10(2)8-12(20-14(23)9-19)16(26)21-11(5-6-15(24)25)17(27)22-7-3-4-13(22)18(28)29/h10-13H,3-9,19H2,1-2H3,(H,20,23)(H,21,26)(H,24,25)(H,28,29). The highest BCUT2D eigenvalue weighted by atomic mass is 16.4. The summed E-state index contributed by atoms with van der Waals surface area (Å²) < 4.78 is 0. The van der Waals surface area contributed by atoms with Crippen molar-refractivity contribution in [2.75, 3.05) is 13.1 Å². The summed E-state index contributed by atoms with van der Waals surface area (Å²) >= 11 is 0. The molecule has 0 aliphatic carbocycles. The molecule has 11 nitrogen and oxygen atoms in total. The topological polar surface area (TPSA) is 179 Å². The lowest BCUT2D eigenvalue weighted by Crippen LogP contribution is -2.56. The van der Waals surface area contributed by atoms with Gasteiger partial charge in [0.1, 0.15) is 18.1 Å². The van der Waals surface area contributed by atoms with Crippen molar-refractivity contribution in [3.05, 3.63) is 0 Å². The number of nitrogens with one attached hydrogen (secondary N) is 2. The molecular weight excluding hydrogens is 384 g/mol. The molecule has 3 atom stereocenters. The Balaban J connectivity index is 2.98. The first-order valence-electron chi connectivity index (χ1n) is 9.61. The van der Waals surface area contributed by atoms with Crippen LogP contribution in [0.1, 0.15) is 46.0 Å². The third-order valence-corrected chi connectivity index (χ3v) is 4.63. The molecular formula is C18H30N4O7. The van der Waals surface area contributed by atoms with Gasteiger partial charge in [-0.2, -0.15) is 0 Å². The lowest BCUT2D eigenvalue weighted by molar-refractivity contribution is -0.150. The van der Waals surface area contributed by atoms with E-state index in [1.165, 1.54) is 0 Å². The number of hydrogen-bond acceptors (Lipinski definition) is 6. The van der Waals surface area contributed by atoms with Gasteiger partial charge in [0, 0.05) is 13.0 Å². The molecule has 6 N–H and O–H groups in total. The van der Waals surface area contributed by atoms with Crippen molar-refractivity contribution in [2.45, 2.75) is 64.1 Å². The SMILES string of the molecule is CC(C)CC(NC(=O)CN)C(=O)NC(CCC(=O)O)C(=O)N1CCCC1C(=O)O. The smallest absolute Gasteiger partial charge is 0.326 e. The van der Waals surface area contributed by atoms with E-state index < -0.39 is 47.8 Å². The lowest BCUT2D eigenvalue weighted by Gasteiger charge is -2.29. The zero-order valence-corrected chi connectivity index (χ0v) is 16.7. The Morgan fingerprint density at radius 3 is 2.28 bits per heavy atom. The van der Waals surface area contributed by atoms with Gasteiger partial charge < -0.3 is 31.5 Å². The van der Waals surface area contributed by atoms with E-state index in [0.717, 1.165) is 4.90 Å². The number of rotatable bonds is 11. The summed E-state index contributed by atoms with van der Waals surface area (Å²) in [5.41, 5.74) is 5.28. The fourth-order valence-electron chi connectivity index (χ4n) is 3.24. The Hall–Kier alpha value is -2.69. The number of carboxylic acid groups (broad SMARTS) is 2. The number of amides is 3. The number of nitrogens with zero attached hydrogens (tertiary/aromatic N) is 1. The first-order chi connectivity index (χ1) is 13.6. The zero-order chi connectivity index (χ0) is 22.1. The van der Waals surface area contributed by atoms with Crippen molar-refractivity contribution < 1.29 is 34.2 Å². The summed E-state index contributed by atoms with van der Waals surface area (Å²) in [7, 11) is 0. The molecule has 0 spiro atoms. The van der Waals surface area contributed by atoms with Crippen molar-refractivity contribution in [3.8, 4) is 0 Å². The van der Waals surface area contributed by atoms with Crippen LogP contribution in [-0.2, 0) is 24.0 Å². The average Bonchev–Trinajstić information content (AvgIpc) is 3.13. The van der Waals surface area contributed by atoms with Crippen LogP contribution in [0.25, 0.3) is 0 Å². The van der Waals surface area contributed by atoms with Crippen LogP contribution >= 0.6 is 0 Å². The molecule has 1 heterocycles. The Bertz CT molecular complexity index is 638. The number of likely N-dealkylation sites (tertiary alicyclic amines) is 1. The molecule has 3 unspecified atom stereocenters. The third kappa shape index (κ3) is 7.68. The second-order valence-corrected chi connectivity index (χ2v) is 7.48. The fourth-order valence-corrected chi connectivity index (χ4v) is 3.24. The largest absolute Gasteiger partial charge is 0.481 e. The molecule has 0 aromatic carbocycles. The molecule has 164 valence electrons. The van der Waals surface area contributed by atoms with E-state index in [4.69, 9.17) is 10.8 Å². The molecule has 0 aromatic rings. The maximum Gasteiger partial charge on any atom is 0.326 e. The predicted molar refractivity (Wildman–Crippen MR) is 102 cm³/mol. The number of carboxylic acids is 2. The molecule has 0 bridgehead atoms. The highest BCUT2D eigenvalue weighted by molar-refractivity contribution is 5.94. The van der Waals surface area contributed by atoms with Gasteiger partial charge in [0.15, 0.2) is 0 Å². The van der Waals surface area contributed by atoms with E-state index in [1.807, 2.05) is 13.8 Å². The number of carbonyl (C=O) groups excluding carboxylic acids is 3. The van der Waals surface area contributed by atoms with E-state index in [0.29, 0.717) is 19.3 Å². The van der Waals surface area contributed by atoms with Gasteiger partial charge in [-0.15, -0.1) is 0 Å². The van der Waals surface area contributed by atoms with Crippen molar-refractivity contribution in [1.82, 2.24) is 15.5 Å². The Kier molecular flexibility index (Phi) is 9.53. The van der Waals surface area contributed by atoms with Gasteiger partial charge in [-0.3, -0.25) is 19.2 Å². The van der Waals surface area contributed by atoms with Gasteiger partial charge >= 0.3 is 11.9 Å². The van der Waals surface area contributed by atoms with Crippen LogP contribution in [0.15, 0.2) is 0 Å². The average molecular weight is 414 g/mol. The summed E-state index contributed by atoms with van der Waals surface area (Å²) in [6.45, 7) is 3.61. The molecule has 29 heavy (non-hydrogen) atoms. The van der Waals surface area contributed by atoms with Crippen molar-refractivity contribution in [1.29, 1.82) is 0 Å². The van der Waals surface area contributed by atoms with E-state index in [1.54, 1.807) is 0 Å². The second kappa shape index (κ2) is 11.3. The normalized spacial score (nSPS) is 18.2. The molecule has 0 saturated carbocycles. The molecule has 1 aliphatic rings. The number of hydrogen-bond donors (Lipinski definition) is 5. The number of nitrogens with two attached hydrogens (primary N) is 1. The van der Waals surface area contributed by atoms with Crippen LogP contribution in [0.3, 0.4) is 0 Å². The molecule has 0 aromatic heterocycles. The van der Waals surface area contributed by atoms with E-state index in [2.05, 4.69) is 10.6 Å². The van der Waals surface area contributed by atoms with Crippen molar-refractivity contribution in [2.24, 2.45) is 11.7 Å². The summed E-state index contributed by atoms with van der Waals surface area (Å²) in [4.78, 5) is 60.7. The summed E-state index contributed by atoms with van der Waals surface area (Å²) in [6.07, 6.45) is 0.515. The van der Waals surface area contributed by atoms with E-state index in [-0.39, 0.29) is 31.8 Å². The highest BCUT2D eigenvalue weighted by Crippen LogP contribution is 2.20. The van der Waals surface area contributed by atoms with Gasteiger partial charge in [-0.25, -0.2) is 4.79 Å². The quantitative estimate of drug-likeness (QED) is 0.283. The maximum atomic E-state index is 12.9. The first-order valence-corrected chi connectivity index (χ1v) is 9.61. The lowest BCUT2D eigenvalue weighted by atomic mass is 10.0. The van der Waals surface area contributed by atoms with Crippen LogP contribution in [0, 0.1) is 5.92 Å². The third-order valence-electron chi connectivity index (χ3n) is 4.63. The monoisotopic (exact) mass is 414 g/mol. The maximum absolute atomic E-state index is 12.9. The van der Waals surface area contributed by atoms with Crippen LogP contribution < -0.4 is 16.4 Å². The van der Waals surface area contributed by atoms with Gasteiger partial charge in [0.25, 0.3) is 0 Å². The van der Waals surface area contributed by atoms with E-state index in [9.17, 15) is 29.1 Å².